The van der Waals surface area contributed by atoms with E-state index in [1.807, 2.05) is 0 Å². The molecule has 0 unspecified atom stereocenters. The van der Waals surface area contributed by atoms with Gasteiger partial charge in [-0.1, -0.05) is 0 Å². The summed E-state index contributed by atoms with van der Waals surface area (Å²) in [5, 5.41) is 19.1. The van der Waals surface area contributed by atoms with Gasteiger partial charge in [0.1, 0.15) is 24.1 Å². The molecule has 18 heavy (non-hydrogen) atoms. The van der Waals surface area contributed by atoms with Crippen LogP contribution in [0.4, 0.5) is 5.82 Å². The lowest BCUT2D eigenvalue weighted by atomic mass is 10.1. The minimum atomic E-state index is -0.917. The van der Waals surface area contributed by atoms with Gasteiger partial charge in [-0.25, -0.2) is 4.79 Å². The zero-order valence-corrected chi connectivity index (χ0v) is 9.61. The molecule has 2 aliphatic rings. The molecular weight excluding hydrogens is 242 g/mol. The Morgan fingerprint density at radius 2 is 2.22 bits per heavy atom. The van der Waals surface area contributed by atoms with Crippen LogP contribution < -0.4 is 16.1 Å². The molecule has 1 saturated heterocycles. The highest BCUT2D eigenvalue weighted by Crippen LogP contribution is 2.40. The maximum Gasteiger partial charge on any atom is 0.332 e. The van der Waals surface area contributed by atoms with E-state index in [1.165, 1.54) is 10.6 Å². The molecule has 3 heterocycles. The van der Waals surface area contributed by atoms with Crippen LogP contribution in [0.2, 0.25) is 0 Å². The lowest BCUT2D eigenvalue weighted by Gasteiger charge is -2.22. The number of likely N-dealkylation sites (N-methyl/N-ethyl adjacent to an activating group) is 1. The maximum atomic E-state index is 11.8. The van der Waals surface area contributed by atoms with E-state index in [0.717, 1.165) is 0 Å². The normalized spacial score (nSPS) is 33.6. The van der Waals surface area contributed by atoms with Crippen LogP contribution in [0, 0.1) is 0 Å². The van der Waals surface area contributed by atoms with Crippen LogP contribution in [0.25, 0.3) is 0 Å². The molecule has 1 aromatic heterocycles. The predicted molar refractivity (Wildman–Crippen MR) is 60.5 cm³/mol. The van der Waals surface area contributed by atoms with Crippen LogP contribution in [0.15, 0.2) is 15.7 Å². The standard InChI is InChI=1S/C10H13N3O5/c1-12-6-2-5(15)11-10(17)13(6)9-7(12)8(16)4(3-14)18-9/h2,4,7-9,14,16H,3H2,1H3,(H,11,15,17)/t4-,7+,8-,9-/m1/s1. The highest BCUT2D eigenvalue weighted by molar-refractivity contribution is 5.45. The number of H-pyrrole nitrogens is 1. The van der Waals surface area contributed by atoms with E-state index in [4.69, 9.17) is 9.84 Å². The molecule has 4 atom stereocenters. The minimum absolute atomic E-state index is 0.324. The van der Waals surface area contributed by atoms with Gasteiger partial charge in [-0.05, 0) is 0 Å². The van der Waals surface area contributed by atoms with Crippen molar-refractivity contribution in [1.29, 1.82) is 0 Å². The van der Waals surface area contributed by atoms with Crippen molar-refractivity contribution in [3.63, 3.8) is 0 Å². The van der Waals surface area contributed by atoms with Crippen LogP contribution in [-0.4, -0.2) is 51.7 Å². The average Bonchev–Trinajstić information content (AvgIpc) is 2.77. The number of rotatable bonds is 1. The van der Waals surface area contributed by atoms with Crippen molar-refractivity contribution in [2.24, 2.45) is 0 Å². The highest BCUT2D eigenvalue weighted by Gasteiger charge is 2.52. The summed E-state index contributed by atoms with van der Waals surface area (Å²) in [6.45, 7) is -0.324. The lowest BCUT2D eigenvalue weighted by molar-refractivity contribution is -0.0441. The minimum Gasteiger partial charge on any atom is -0.394 e. The smallest absolute Gasteiger partial charge is 0.332 e. The Kier molecular flexibility index (Phi) is 2.34. The van der Waals surface area contributed by atoms with E-state index >= 15 is 0 Å². The number of nitrogens with zero attached hydrogens (tertiary/aromatic N) is 2. The van der Waals surface area contributed by atoms with Gasteiger partial charge < -0.3 is 19.8 Å². The van der Waals surface area contributed by atoms with Gasteiger partial charge in [-0.15, -0.1) is 0 Å². The molecule has 8 nitrogen and oxygen atoms in total. The SMILES string of the molecule is CN1c2cc(=O)[nH]c(=O)n2[C@@H]2O[C@H](CO)[C@@H](O)[C@@H]21. The molecule has 1 aromatic rings. The van der Waals surface area contributed by atoms with Gasteiger partial charge in [0, 0.05) is 13.1 Å². The quantitative estimate of drug-likeness (QED) is 0.516. The molecule has 2 aliphatic heterocycles. The van der Waals surface area contributed by atoms with E-state index in [1.54, 1.807) is 11.9 Å². The second-order valence-electron chi connectivity index (χ2n) is 4.51. The number of aromatic amines is 1. The first-order chi connectivity index (χ1) is 8.54. The van der Waals surface area contributed by atoms with E-state index in [9.17, 15) is 14.7 Å². The Morgan fingerprint density at radius 1 is 1.50 bits per heavy atom. The van der Waals surface area contributed by atoms with Crippen molar-refractivity contribution in [2.75, 3.05) is 18.6 Å². The van der Waals surface area contributed by atoms with E-state index in [0.29, 0.717) is 5.82 Å². The molecule has 0 radical (unpaired) electrons. The molecular formula is C10H13N3O5. The number of aliphatic hydroxyl groups is 2. The first kappa shape index (κ1) is 11.5. The second-order valence-corrected chi connectivity index (χ2v) is 4.51. The summed E-state index contributed by atoms with van der Waals surface area (Å²) in [5.41, 5.74) is -1.08. The topological polar surface area (TPSA) is 108 Å². The molecule has 0 bridgehead atoms. The van der Waals surface area contributed by atoms with E-state index in [-0.39, 0.29) is 6.61 Å². The fraction of sp³-hybridized carbons (Fsp3) is 0.600. The van der Waals surface area contributed by atoms with Gasteiger partial charge in [0.2, 0.25) is 0 Å². The van der Waals surface area contributed by atoms with Gasteiger partial charge in [-0.3, -0.25) is 14.3 Å². The molecule has 3 N–H and O–H groups in total. The summed E-state index contributed by atoms with van der Waals surface area (Å²) in [4.78, 5) is 26.8. The number of fused-ring (bicyclic) bond motifs is 3. The van der Waals surface area contributed by atoms with Crippen LogP contribution in [0.1, 0.15) is 6.23 Å². The lowest BCUT2D eigenvalue weighted by Crippen LogP contribution is -2.41. The van der Waals surface area contributed by atoms with Crippen LogP contribution in [-0.2, 0) is 4.74 Å². The zero-order chi connectivity index (χ0) is 13.0. The van der Waals surface area contributed by atoms with Crippen molar-refractivity contribution < 1.29 is 14.9 Å². The zero-order valence-electron chi connectivity index (χ0n) is 9.61. The average molecular weight is 255 g/mol. The Labute approximate surface area is 101 Å². The number of ether oxygens (including phenoxy) is 1. The number of nitrogens with one attached hydrogen (secondary N) is 1. The Bertz CT molecular complexity index is 594. The Morgan fingerprint density at radius 3 is 2.89 bits per heavy atom. The van der Waals surface area contributed by atoms with E-state index in [2.05, 4.69) is 4.98 Å². The summed E-state index contributed by atoms with van der Waals surface area (Å²) >= 11 is 0. The molecule has 0 saturated carbocycles. The van der Waals surface area contributed by atoms with Gasteiger partial charge in [-0.2, -0.15) is 0 Å². The third-order valence-corrected chi connectivity index (χ3v) is 3.54. The molecule has 0 spiro atoms. The van der Waals surface area contributed by atoms with Crippen LogP contribution in [0.5, 0.6) is 0 Å². The van der Waals surface area contributed by atoms with Gasteiger partial charge in [0.25, 0.3) is 5.56 Å². The Balaban J connectivity index is 2.15. The fourth-order valence-corrected chi connectivity index (χ4v) is 2.68. The summed E-state index contributed by atoms with van der Waals surface area (Å²) in [5.74, 6) is 0.397. The van der Waals surface area contributed by atoms with Crippen LogP contribution >= 0.6 is 0 Å². The van der Waals surface area contributed by atoms with Gasteiger partial charge in [0.05, 0.1) is 6.61 Å². The summed E-state index contributed by atoms with van der Waals surface area (Å²) < 4.78 is 6.75. The Hall–Kier alpha value is -1.64. The molecule has 1 fully saturated rings. The number of anilines is 1. The van der Waals surface area contributed by atoms with Crippen molar-refractivity contribution in [1.82, 2.24) is 9.55 Å². The second kappa shape index (κ2) is 3.67. The molecule has 0 amide bonds. The summed E-state index contributed by atoms with van der Waals surface area (Å²) in [7, 11) is 1.67. The van der Waals surface area contributed by atoms with Crippen molar-refractivity contribution in [3.05, 3.63) is 26.9 Å². The molecule has 3 rings (SSSR count). The number of aromatic nitrogens is 2. The molecule has 0 aromatic carbocycles. The summed E-state index contributed by atoms with van der Waals surface area (Å²) in [6.07, 6.45) is -2.34. The van der Waals surface area contributed by atoms with E-state index < -0.39 is 35.7 Å². The van der Waals surface area contributed by atoms with Crippen molar-refractivity contribution in [3.8, 4) is 0 Å². The van der Waals surface area contributed by atoms with Gasteiger partial charge >= 0.3 is 5.69 Å². The predicted octanol–water partition coefficient (Wildman–Crippen LogP) is -2.39. The first-order valence-corrected chi connectivity index (χ1v) is 5.57. The fourth-order valence-electron chi connectivity index (χ4n) is 2.68. The third-order valence-electron chi connectivity index (χ3n) is 3.54. The monoisotopic (exact) mass is 255 g/mol. The molecule has 0 aliphatic carbocycles. The first-order valence-electron chi connectivity index (χ1n) is 5.57. The number of aliphatic hydroxyl groups excluding tert-OH is 2. The highest BCUT2D eigenvalue weighted by atomic mass is 16.5. The molecule has 98 valence electrons. The number of hydrogen-bond acceptors (Lipinski definition) is 6. The van der Waals surface area contributed by atoms with Crippen molar-refractivity contribution in [2.45, 2.75) is 24.5 Å². The van der Waals surface area contributed by atoms with Crippen LogP contribution in [0.3, 0.4) is 0 Å². The third kappa shape index (κ3) is 1.30. The largest absolute Gasteiger partial charge is 0.394 e. The summed E-state index contributed by atoms with van der Waals surface area (Å²) in [6, 6.07) is 0.800. The van der Waals surface area contributed by atoms with Gasteiger partial charge in [0.15, 0.2) is 6.23 Å². The maximum absolute atomic E-state index is 11.8. The molecule has 8 heteroatoms. The number of hydrogen-bond donors (Lipinski definition) is 3. The van der Waals surface area contributed by atoms with Crippen molar-refractivity contribution >= 4 is 5.82 Å².